The van der Waals surface area contributed by atoms with Gasteiger partial charge in [0.2, 0.25) is 5.91 Å². The molecule has 98 valence electrons. The lowest BCUT2D eigenvalue weighted by molar-refractivity contribution is -0.120. The Hall–Kier alpha value is -1.95. The van der Waals surface area contributed by atoms with Crippen LogP contribution in [-0.2, 0) is 4.79 Å². The summed E-state index contributed by atoms with van der Waals surface area (Å²) in [6.45, 7) is 1.43. The average molecular weight is 254 g/mol. The molecule has 1 aromatic rings. The van der Waals surface area contributed by atoms with Gasteiger partial charge in [0.1, 0.15) is 5.82 Å². The highest BCUT2D eigenvalue weighted by Gasteiger charge is 2.08. The van der Waals surface area contributed by atoms with Gasteiger partial charge in [-0.15, -0.1) is 0 Å². The number of hydrogen-bond donors (Lipinski definition) is 3. The molecule has 0 fully saturated rings. The van der Waals surface area contributed by atoms with Crippen molar-refractivity contribution in [2.24, 2.45) is 0 Å². The SMILES string of the molecule is C[C@H](O)CNC(=O)CNC(=O)c1cccc(F)c1. The zero-order valence-electron chi connectivity index (χ0n) is 9.94. The predicted molar refractivity (Wildman–Crippen MR) is 63.4 cm³/mol. The summed E-state index contributed by atoms with van der Waals surface area (Å²) in [5.74, 6) is -1.46. The van der Waals surface area contributed by atoms with Gasteiger partial charge < -0.3 is 15.7 Å². The Bertz CT molecular complexity index is 435. The summed E-state index contributed by atoms with van der Waals surface area (Å²) in [6, 6.07) is 5.18. The molecule has 1 aromatic carbocycles. The highest BCUT2D eigenvalue weighted by atomic mass is 19.1. The first-order chi connectivity index (χ1) is 8.49. The van der Waals surface area contributed by atoms with Crippen molar-refractivity contribution in [2.75, 3.05) is 13.1 Å². The number of hydrogen-bond acceptors (Lipinski definition) is 3. The van der Waals surface area contributed by atoms with E-state index in [2.05, 4.69) is 10.6 Å². The normalized spacial score (nSPS) is 11.7. The molecule has 0 aliphatic rings. The van der Waals surface area contributed by atoms with Gasteiger partial charge in [0, 0.05) is 12.1 Å². The molecule has 0 aliphatic carbocycles. The van der Waals surface area contributed by atoms with E-state index in [0.717, 1.165) is 6.07 Å². The Balaban J connectivity index is 2.39. The lowest BCUT2D eigenvalue weighted by atomic mass is 10.2. The molecule has 0 heterocycles. The van der Waals surface area contributed by atoms with E-state index in [0.29, 0.717) is 0 Å². The van der Waals surface area contributed by atoms with Crippen molar-refractivity contribution in [3.05, 3.63) is 35.6 Å². The van der Waals surface area contributed by atoms with Crippen LogP contribution in [-0.4, -0.2) is 36.1 Å². The second kappa shape index (κ2) is 6.70. The molecule has 0 bridgehead atoms. The number of nitrogens with one attached hydrogen (secondary N) is 2. The third kappa shape index (κ3) is 4.92. The molecule has 0 saturated heterocycles. The Morgan fingerprint density at radius 1 is 1.39 bits per heavy atom. The molecule has 5 nitrogen and oxygen atoms in total. The second-order valence-corrected chi connectivity index (χ2v) is 3.85. The number of aliphatic hydroxyl groups is 1. The number of aliphatic hydroxyl groups excluding tert-OH is 1. The fourth-order valence-electron chi connectivity index (χ4n) is 1.22. The third-order valence-corrected chi connectivity index (χ3v) is 2.09. The van der Waals surface area contributed by atoms with Gasteiger partial charge in [-0.1, -0.05) is 6.07 Å². The number of carbonyl (C=O) groups is 2. The van der Waals surface area contributed by atoms with Crippen LogP contribution in [0.5, 0.6) is 0 Å². The Morgan fingerprint density at radius 2 is 2.11 bits per heavy atom. The first-order valence-electron chi connectivity index (χ1n) is 5.47. The van der Waals surface area contributed by atoms with Crippen LogP contribution in [0.4, 0.5) is 4.39 Å². The minimum absolute atomic E-state index is 0.120. The maximum atomic E-state index is 12.8. The molecule has 0 spiro atoms. The van der Waals surface area contributed by atoms with Gasteiger partial charge in [-0.05, 0) is 25.1 Å². The maximum Gasteiger partial charge on any atom is 0.251 e. The van der Waals surface area contributed by atoms with E-state index in [4.69, 9.17) is 5.11 Å². The van der Waals surface area contributed by atoms with E-state index in [-0.39, 0.29) is 18.7 Å². The summed E-state index contributed by atoms with van der Waals surface area (Å²) in [7, 11) is 0. The fourth-order valence-corrected chi connectivity index (χ4v) is 1.22. The lowest BCUT2D eigenvalue weighted by Crippen LogP contribution is -2.39. The van der Waals surface area contributed by atoms with Crippen LogP contribution >= 0.6 is 0 Å². The molecule has 2 amide bonds. The Morgan fingerprint density at radius 3 is 2.72 bits per heavy atom. The van der Waals surface area contributed by atoms with Crippen molar-refractivity contribution in [1.82, 2.24) is 10.6 Å². The van der Waals surface area contributed by atoms with Crippen molar-refractivity contribution >= 4 is 11.8 Å². The van der Waals surface area contributed by atoms with E-state index >= 15 is 0 Å². The van der Waals surface area contributed by atoms with Crippen molar-refractivity contribution in [1.29, 1.82) is 0 Å². The highest BCUT2D eigenvalue weighted by molar-refractivity contribution is 5.96. The molecule has 1 rings (SSSR count). The second-order valence-electron chi connectivity index (χ2n) is 3.85. The molecular formula is C12H15FN2O3. The third-order valence-electron chi connectivity index (χ3n) is 2.09. The molecule has 0 saturated carbocycles. The monoisotopic (exact) mass is 254 g/mol. The summed E-state index contributed by atoms with van der Waals surface area (Å²) < 4.78 is 12.8. The van der Waals surface area contributed by atoms with E-state index < -0.39 is 23.7 Å². The summed E-state index contributed by atoms with van der Waals surface area (Å²) >= 11 is 0. The van der Waals surface area contributed by atoms with Crippen molar-refractivity contribution in [3.8, 4) is 0 Å². The summed E-state index contributed by atoms with van der Waals surface area (Å²) in [6.07, 6.45) is -0.645. The largest absolute Gasteiger partial charge is 0.392 e. The predicted octanol–water partition coefficient (Wildman–Crippen LogP) is 0.0525. The number of benzene rings is 1. The van der Waals surface area contributed by atoms with Crippen LogP contribution in [0, 0.1) is 5.82 Å². The molecular weight excluding hydrogens is 239 g/mol. The summed E-state index contributed by atoms with van der Waals surface area (Å²) in [5.41, 5.74) is 0.151. The van der Waals surface area contributed by atoms with E-state index in [1.54, 1.807) is 0 Å². The standard InChI is InChI=1S/C12H15FN2O3/c1-8(16)6-14-11(17)7-15-12(18)9-3-2-4-10(13)5-9/h2-5,8,16H,6-7H2,1H3,(H,14,17)(H,15,18)/t8-/m0/s1. The Kier molecular flexibility index (Phi) is 5.26. The van der Waals surface area contributed by atoms with Crippen molar-refractivity contribution in [2.45, 2.75) is 13.0 Å². The van der Waals surface area contributed by atoms with Crippen LogP contribution in [0.25, 0.3) is 0 Å². The fraction of sp³-hybridized carbons (Fsp3) is 0.333. The average Bonchev–Trinajstić information content (AvgIpc) is 2.33. The van der Waals surface area contributed by atoms with Crippen molar-refractivity contribution < 1.29 is 19.1 Å². The number of carbonyl (C=O) groups excluding carboxylic acids is 2. The quantitative estimate of drug-likeness (QED) is 0.695. The molecule has 0 unspecified atom stereocenters. The first-order valence-corrected chi connectivity index (χ1v) is 5.47. The van der Waals surface area contributed by atoms with Gasteiger partial charge in [0.05, 0.1) is 12.6 Å². The first kappa shape index (κ1) is 14.1. The molecule has 3 N–H and O–H groups in total. The maximum absolute atomic E-state index is 12.8. The van der Waals surface area contributed by atoms with E-state index in [9.17, 15) is 14.0 Å². The minimum Gasteiger partial charge on any atom is -0.392 e. The van der Waals surface area contributed by atoms with Crippen LogP contribution in [0.2, 0.25) is 0 Å². The van der Waals surface area contributed by atoms with Crippen molar-refractivity contribution in [3.63, 3.8) is 0 Å². The molecule has 18 heavy (non-hydrogen) atoms. The molecule has 1 atom stereocenters. The minimum atomic E-state index is -0.645. The van der Waals surface area contributed by atoms with E-state index in [1.807, 2.05) is 0 Å². The number of amides is 2. The smallest absolute Gasteiger partial charge is 0.251 e. The van der Waals surface area contributed by atoms with Crippen LogP contribution in [0.15, 0.2) is 24.3 Å². The van der Waals surface area contributed by atoms with Crippen LogP contribution in [0.1, 0.15) is 17.3 Å². The zero-order valence-corrected chi connectivity index (χ0v) is 9.94. The highest BCUT2D eigenvalue weighted by Crippen LogP contribution is 2.02. The van der Waals surface area contributed by atoms with Gasteiger partial charge in [0.25, 0.3) is 5.91 Å². The Labute approximate surface area is 104 Å². The van der Waals surface area contributed by atoms with Gasteiger partial charge in [-0.25, -0.2) is 4.39 Å². The zero-order chi connectivity index (χ0) is 13.5. The van der Waals surface area contributed by atoms with Gasteiger partial charge in [0.15, 0.2) is 0 Å². The summed E-state index contributed by atoms with van der Waals surface area (Å²) in [4.78, 5) is 22.8. The van der Waals surface area contributed by atoms with Crippen LogP contribution in [0.3, 0.4) is 0 Å². The van der Waals surface area contributed by atoms with Gasteiger partial charge in [-0.2, -0.15) is 0 Å². The molecule has 6 heteroatoms. The summed E-state index contributed by atoms with van der Waals surface area (Å²) in [5, 5.41) is 13.7. The number of halogens is 1. The topological polar surface area (TPSA) is 78.4 Å². The van der Waals surface area contributed by atoms with Crippen LogP contribution < -0.4 is 10.6 Å². The van der Waals surface area contributed by atoms with Gasteiger partial charge >= 0.3 is 0 Å². The van der Waals surface area contributed by atoms with Gasteiger partial charge in [-0.3, -0.25) is 9.59 Å². The lowest BCUT2D eigenvalue weighted by Gasteiger charge is -2.08. The molecule has 0 aliphatic heterocycles. The molecule has 0 radical (unpaired) electrons. The number of rotatable bonds is 5. The molecule has 0 aromatic heterocycles. The van der Waals surface area contributed by atoms with E-state index in [1.165, 1.54) is 25.1 Å².